The van der Waals surface area contributed by atoms with Crippen LogP contribution in [0.3, 0.4) is 0 Å². The van der Waals surface area contributed by atoms with Gasteiger partial charge in [0.2, 0.25) is 17.7 Å². The smallest absolute Gasteiger partial charge is 0.326 e. The molecule has 0 fully saturated rings. The Labute approximate surface area is 272 Å². The van der Waals surface area contributed by atoms with Gasteiger partial charge < -0.3 is 49.7 Å². The second-order valence-corrected chi connectivity index (χ2v) is 11.4. The van der Waals surface area contributed by atoms with E-state index in [4.69, 9.17) is 28.7 Å². The molecule has 0 heterocycles. The lowest BCUT2D eigenvalue weighted by molar-refractivity contribution is -0.142. The number of hydrogen-bond donors (Lipinski definition) is 9. The zero-order valence-corrected chi connectivity index (χ0v) is 26.5. The van der Waals surface area contributed by atoms with Gasteiger partial charge in [0, 0.05) is 13.0 Å². The average Bonchev–Trinajstić information content (AvgIpc) is 2.99. The Morgan fingerprint density at radius 3 is 1.85 bits per heavy atom. The number of aliphatic imine (C=N–C) groups is 2. The number of carbonyl (C=O) groups excluding carboxylic acids is 3. The number of carbonyl (C=O) groups is 4. The van der Waals surface area contributed by atoms with Crippen molar-refractivity contribution < 1.29 is 28.7 Å². The number of carboxylic acid groups (broad SMARTS) is 1. The Morgan fingerprint density at radius 2 is 1.30 bits per heavy atom. The molecule has 0 saturated heterocycles. The fraction of sp³-hybridized carbons (Fsp3) is 0.419. The summed E-state index contributed by atoms with van der Waals surface area (Å²) in [4.78, 5) is 59.8. The van der Waals surface area contributed by atoms with Crippen LogP contribution in [0.15, 0.2) is 58.5 Å². The number of nitrogens with two attached hydrogens (primary N) is 5. The van der Waals surface area contributed by atoms with E-state index in [-0.39, 0.29) is 56.5 Å². The van der Waals surface area contributed by atoms with E-state index < -0.39 is 53.7 Å². The molecule has 47 heavy (non-hydrogen) atoms. The van der Waals surface area contributed by atoms with Gasteiger partial charge in [-0.1, -0.05) is 38.1 Å². The normalized spacial score (nSPS) is 13.4. The van der Waals surface area contributed by atoms with Gasteiger partial charge in [-0.25, -0.2) is 14.2 Å². The van der Waals surface area contributed by atoms with E-state index in [2.05, 4.69) is 25.9 Å². The molecule has 0 radical (unpaired) electrons. The highest BCUT2D eigenvalue weighted by atomic mass is 19.1. The highest BCUT2D eigenvalue weighted by Gasteiger charge is 2.31. The topological polar surface area (TPSA) is 279 Å². The van der Waals surface area contributed by atoms with Crippen LogP contribution in [-0.2, 0) is 32.0 Å². The highest BCUT2D eigenvalue weighted by molar-refractivity contribution is 5.94. The van der Waals surface area contributed by atoms with E-state index in [0.29, 0.717) is 16.8 Å². The summed E-state index contributed by atoms with van der Waals surface area (Å²) in [6, 6.07) is 7.46. The first-order chi connectivity index (χ1) is 22.1. The van der Waals surface area contributed by atoms with Crippen LogP contribution in [0.5, 0.6) is 0 Å². The Kier molecular flexibility index (Phi) is 15.1. The summed E-state index contributed by atoms with van der Waals surface area (Å²) in [5.41, 5.74) is 29.4. The molecule has 2 aromatic rings. The van der Waals surface area contributed by atoms with Gasteiger partial charge in [-0.15, -0.1) is 0 Å². The van der Waals surface area contributed by atoms with Crippen molar-refractivity contribution in [3.05, 3.63) is 65.5 Å². The minimum absolute atomic E-state index is 0.00149. The van der Waals surface area contributed by atoms with Crippen molar-refractivity contribution >= 4 is 41.3 Å². The highest BCUT2D eigenvalue weighted by Crippen LogP contribution is 2.15. The van der Waals surface area contributed by atoms with Gasteiger partial charge in [-0.2, -0.15) is 0 Å². The molecule has 0 aliphatic carbocycles. The molecule has 0 aliphatic rings. The average molecular weight is 657 g/mol. The molecule has 0 aliphatic heterocycles. The molecule has 0 aromatic heterocycles. The monoisotopic (exact) mass is 656 g/mol. The number of guanidine groups is 2. The van der Waals surface area contributed by atoms with Crippen molar-refractivity contribution in [2.75, 3.05) is 6.54 Å². The molecule has 256 valence electrons. The van der Waals surface area contributed by atoms with E-state index in [0.717, 1.165) is 0 Å². The van der Waals surface area contributed by atoms with E-state index in [1.54, 1.807) is 24.3 Å². The molecule has 2 rings (SSSR count). The molecule has 3 amide bonds. The molecule has 15 nitrogen and oxygen atoms in total. The van der Waals surface area contributed by atoms with Crippen LogP contribution in [-0.4, -0.2) is 71.4 Å². The lowest BCUT2D eigenvalue weighted by Gasteiger charge is -2.26. The number of benzene rings is 2. The maximum atomic E-state index is 13.7. The third-order valence-electron chi connectivity index (χ3n) is 6.87. The van der Waals surface area contributed by atoms with Crippen LogP contribution in [0.4, 0.5) is 10.1 Å². The van der Waals surface area contributed by atoms with Crippen molar-refractivity contribution in [2.24, 2.45) is 44.6 Å². The van der Waals surface area contributed by atoms with Crippen molar-refractivity contribution in [1.82, 2.24) is 16.0 Å². The summed E-state index contributed by atoms with van der Waals surface area (Å²) in [6.07, 6.45) is 0.578. The summed E-state index contributed by atoms with van der Waals surface area (Å²) >= 11 is 0. The maximum absolute atomic E-state index is 13.7. The quantitative estimate of drug-likeness (QED) is 0.0562. The number of carboxylic acids is 1. The molecule has 16 heteroatoms. The second-order valence-electron chi connectivity index (χ2n) is 11.4. The van der Waals surface area contributed by atoms with Crippen molar-refractivity contribution in [2.45, 2.75) is 70.1 Å². The predicted molar refractivity (Wildman–Crippen MR) is 176 cm³/mol. The van der Waals surface area contributed by atoms with E-state index in [9.17, 15) is 28.7 Å². The molecule has 0 bridgehead atoms. The number of amides is 3. The first kappa shape index (κ1) is 37.9. The van der Waals surface area contributed by atoms with Gasteiger partial charge in [-0.05, 0) is 67.0 Å². The van der Waals surface area contributed by atoms with Crippen LogP contribution in [0.1, 0.15) is 44.2 Å². The van der Waals surface area contributed by atoms with Gasteiger partial charge in [-0.3, -0.25) is 19.4 Å². The standard InChI is InChI=1S/C31H45FN10O5/c1-17(2)14-24(27(44)40-23(29(46)47)4-3-13-38-30(34)35)42-28(45)25(16-19-7-11-21(12-8-19)39-31(36)37)41-26(43)22(33)15-18-5-9-20(32)10-6-18/h5-12,17,22-25H,3-4,13-16,33H2,1-2H3,(H,40,44)(H,41,43)(H,42,45)(H,46,47)(H4,34,35,38)(H4,36,37,39)/t22-,23-,24-,25-/m0/s1. The Balaban J connectivity index is 2.27. The lowest BCUT2D eigenvalue weighted by Crippen LogP contribution is -2.58. The number of halogens is 1. The van der Waals surface area contributed by atoms with Gasteiger partial charge in [0.05, 0.1) is 11.7 Å². The number of rotatable bonds is 18. The van der Waals surface area contributed by atoms with Gasteiger partial charge in [0.15, 0.2) is 11.9 Å². The van der Waals surface area contributed by atoms with Crippen LogP contribution < -0.4 is 44.6 Å². The lowest BCUT2D eigenvalue weighted by atomic mass is 9.99. The molecular formula is C31H45FN10O5. The maximum Gasteiger partial charge on any atom is 0.326 e. The van der Waals surface area contributed by atoms with Crippen LogP contribution in [0.25, 0.3) is 0 Å². The van der Waals surface area contributed by atoms with Crippen molar-refractivity contribution in [3.8, 4) is 0 Å². The fourth-order valence-electron chi connectivity index (χ4n) is 4.55. The molecule has 14 N–H and O–H groups in total. The zero-order valence-electron chi connectivity index (χ0n) is 26.5. The van der Waals surface area contributed by atoms with Gasteiger partial charge >= 0.3 is 5.97 Å². The van der Waals surface area contributed by atoms with E-state index >= 15 is 0 Å². The Bertz CT molecular complexity index is 1410. The number of nitrogens with zero attached hydrogens (tertiary/aromatic N) is 2. The predicted octanol–water partition coefficient (Wildman–Crippen LogP) is -0.518. The van der Waals surface area contributed by atoms with Crippen LogP contribution in [0.2, 0.25) is 0 Å². The Morgan fingerprint density at radius 1 is 0.766 bits per heavy atom. The summed E-state index contributed by atoms with van der Waals surface area (Å²) in [7, 11) is 0. The minimum Gasteiger partial charge on any atom is -0.480 e. The molecule has 4 atom stereocenters. The SMILES string of the molecule is CC(C)C[C@H](NC(=O)[C@H](Cc1ccc(N=C(N)N)cc1)NC(=O)[C@@H](N)Cc1ccc(F)cc1)C(=O)N[C@@H](CCCN=C(N)N)C(=O)O. The fourth-order valence-corrected chi connectivity index (χ4v) is 4.55. The van der Waals surface area contributed by atoms with Crippen LogP contribution >= 0.6 is 0 Å². The molecule has 2 aromatic carbocycles. The van der Waals surface area contributed by atoms with Crippen molar-refractivity contribution in [3.63, 3.8) is 0 Å². The largest absolute Gasteiger partial charge is 0.480 e. The molecule has 0 unspecified atom stereocenters. The molecule has 0 spiro atoms. The molecular weight excluding hydrogens is 611 g/mol. The number of nitrogens with one attached hydrogen (secondary N) is 3. The van der Waals surface area contributed by atoms with Crippen LogP contribution in [0, 0.1) is 11.7 Å². The summed E-state index contributed by atoms with van der Waals surface area (Å²) in [5, 5.41) is 17.5. The van der Waals surface area contributed by atoms with Gasteiger partial charge in [0.1, 0.15) is 23.9 Å². The summed E-state index contributed by atoms with van der Waals surface area (Å²) < 4.78 is 13.3. The second kappa shape index (κ2) is 18.7. The number of hydrogen-bond acceptors (Lipinski definition) is 7. The first-order valence-corrected chi connectivity index (χ1v) is 15.0. The Hall–Kier alpha value is -5.25. The summed E-state index contributed by atoms with van der Waals surface area (Å²) in [5.74, 6) is -4.09. The summed E-state index contributed by atoms with van der Waals surface area (Å²) in [6.45, 7) is 3.84. The zero-order chi connectivity index (χ0) is 35.1. The van der Waals surface area contributed by atoms with Crippen molar-refractivity contribution in [1.29, 1.82) is 0 Å². The van der Waals surface area contributed by atoms with Gasteiger partial charge in [0.25, 0.3) is 0 Å². The molecule has 0 saturated carbocycles. The number of aliphatic carboxylic acids is 1. The first-order valence-electron chi connectivity index (χ1n) is 15.0. The third kappa shape index (κ3) is 14.2. The van der Waals surface area contributed by atoms with E-state index in [1.807, 2.05) is 13.8 Å². The minimum atomic E-state index is -1.26. The van der Waals surface area contributed by atoms with E-state index in [1.165, 1.54) is 24.3 Å². The third-order valence-corrected chi connectivity index (χ3v) is 6.87.